The van der Waals surface area contributed by atoms with E-state index < -0.39 is 0 Å². The molecule has 2 nitrogen and oxygen atoms in total. The zero-order valence-electron chi connectivity index (χ0n) is 10.6. The molecule has 0 spiro atoms. The van der Waals surface area contributed by atoms with Gasteiger partial charge in [-0.1, -0.05) is 30.3 Å². The Morgan fingerprint density at radius 2 is 1.61 bits per heavy atom. The highest BCUT2D eigenvalue weighted by molar-refractivity contribution is 6.17. The molecule has 0 unspecified atom stereocenters. The average Bonchev–Trinajstić information content (AvgIpc) is 2.46. The van der Waals surface area contributed by atoms with Crippen LogP contribution in [0, 0.1) is 0 Å². The molecule has 0 N–H and O–H groups in total. The van der Waals surface area contributed by atoms with E-state index in [0.29, 0.717) is 5.88 Å². The molecule has 0 atom stereocenters. The molecule has 0 saturated heterocycles. The third-order valence-corrected chi connectivity index (χ3v) is 3.23. The number of rotatable bonds is 4. The van der Waals surface area contributed by atoms with Crippen LogP contribution in [-0.2, 0) is 5.88 Å². The Bertz CT molecular complexity index is 480. The lowest BCUT2D eigenvalue weighted by atomic mass is 10.1. The van der Waals surface area contributed by atoms with Gasteiger partial charge in [0.2, 0.25) is 0 Å². The minimum Gasteiger partial charge on any atom is -0.495 e. The molecular weight excluding hydrogens is 246 g/mol. The second kappa shape index (κ2) is 5.78. The summed E-state index contributed by atoms with van der Waals surface area (Å²) in [6, 6.07) is 16.0. The number of alkyl halides is 1. The molecule has 2 aromatic carbocycles. The molecule has 0 aliphatic carbocycles. The summed E-state index contributed by atoms with van der Waals surface area (Å²) in [5, 5.41) is 0. The number of halogens is 1. The first-order valence-electron chi connectivity index (χ1n) is 5.78. The number of ether oxygens (including phenoxy) is 1. The Hall–Kier alpha value is -1.67. The Labute approximate surface area is 113 Å². The molecule has 0 fully saturated rings. The van der Waals surface area contributed by atoms with Crippen molar-refractivity contribution in [1.29, 1.82) is 0 Å². The van der Waals surface area contributed by atoms with Crippen LogP contribution in [0.3, 0.4) is 0 Å². The monoisotopic (exact) mass is 261 g/mol. The maximum Gasteiger partial charge on any atom is 0.142 e. The molecule has 0 aliphatic rings. The smallest absolute Gasteiger partial charge is 0.142 e. The third-order valence-electron chi connectivity index (χ3n) is 2.94. The van der Waals surface area contributed by atoms with Crippen molar-refractivity contribution in [3.63, 3.8) is 0 Å². The van der Waals surface area contributed by atoms with E-state index in [0.717, 1.165) is 22.7 Å². The summed E-state index contributed by atoms with van der Waals surface area (Å²) >= 11 is 5.98. The molecule has 94 valence electrons. The van der Waals surface area contributed by atoms with Crippen LogP contribution in [0.2, 0.25) is 0 Å². The van der Waals surface area contributed by atoms with Crippen LogP contribution in [0.4, 0.5) is 11.4 Å². The van der Waals surface area contributed by atoms with Crippen molar-refractivity contribution in [2.24, 2.45) is 0 Å². The molecular formula is C15H16ClNO. The summed E-state index contributed by atoms with van der Waals surface area (Å²) in [6.45, 7) is 0. The standard InChI is InChI=1S/C15H16ClNO/c1-17(13-8-4-3-7-12(13)11-16)14-9-5-6-10-15(14)18-2/h3-10H,11H2,1-2H3. The van der Waals surface area contributed by atoms with Gasteiger partial charge in [-0.15, -0.1) is 11.6 Å². The first-order valence-corrected chi connectivity index (χ1v) is 6.32. The van der Waals surface area contributed by atoms with Crippen molar-refractivity contribution in [3.8, 4) is 5.75 Å². The van der Waals surface area contributed by atoms with E-state index >= 15 is 0 Å². The zero-order chi connectivity index (χ0) is 13.0. The Morgan fingerprint density at radius 3 is 2.28 bits per heavy atom. The number of nitrogens with zero attached hydrogens (tertiary/aromatic N) is 1. The fraction of sp³-hybridized carbons (Fsp3) is 0.200. The quantitative estimate of drug-likeness (QED) is 0.765. The van der Waals surface area contributed by atoms with Gasteiger partial charge in [-0.05, 0) is 23.8 Å². The van der Waals surface area contributed by atoms with Gasteiger partial charge in [-0.3, -0.25) is 0 Å². The van der Waals surface area contributed by atoms with Crippen LogP contribution in [0.25, 0.3) is 0 Å². The van der Waals surface area contributed by atoms with Crippen molar-refractivity contribution in [1.82, 2.24) is 0 Å². The lowest BCUT2D eigenvalue weighted by Gasteiger charge is -2.23. The summed E-state index contributed by atoms with van der Waals surface area (Å²) in [4.78, 5) is 2.09. The fourth-order valence-corrected chi connectivity index (χ4v) is 2.21. The van der Waals surface area contributed by atoms with Gasteiger partial charge in [-0.2, -0.15) is 0 Å². The fourth-order valence-electron chi connectivity index (χ4n) is 1.99. The minimum atomic E-state index is 0.496. The van der Waals surface area contributed by atoms with E-state index in [-0.39, 0.29) is 0 Å². The molecule has 3 heteroatoms. The van der Waals surface area contributed by atoms with Gasteiger partial charge in [0.15, 0.2) is 0 Å². The highest BCUT2D eigenvalue weighted by Crippen LogP contribution is 2.34. The van der Waals surface area contributed by atoms with E-state index in [2.05, 4.69) is 11.0 Å². The number of para-hydroxylation sites is 3. The van der Waals surface area contributed by atoms with Crippen molar-refractivity contribution in [2.75, 3.05) is 19.1 Å². The van der Waals surface area contributed by atoms with Crippen LogP contribution in [0.5, 0.6) is 5.75 Å². The summed E-state index contributed by atoms with van der Waals surface area (Å²) in [7, 11) is 3.70. The number of hydrogen-bond donors (Lipinski definition) is 0. The predicted octanol–water partition coefficient (Wildman–Crippen LogP) is 4.20. The van der Waals surface area contributed by atoms with Crippen molar-refractivity contribution in [2.45, 2.75) is 5.88 Å². The highest BCUT2D eigenvalue weighted by atomic mass is 35.5. The van der Waals surface area contributed by atoms with Gasteiger partial charge in [0.1, 0.15) is 5.75 Å². The summed E-state index contributed by atoms with van der Waals surface area (Å²) in [5.74, 6) is 1.35. The number of methoxy groups -OCH3 is 1. The molecule has 0 saturated carbocycles. The molecule has 18 heavy (non-hydrogen) atoms. The summed E-state index contributed by atoms with van der Waals surface area (Å²) in [5.41, 5.74) is 3.22. The van der Waals surface area contributed by atoms with Crippen molar-refractivity contribution >= 4 is 23.0 Å². The lowest BCUT2D eigenvalue weighted by molar-refractivity contribution is 0.415. The van der Waals surface area contributed by atoms with Crippen LogP contribution in [0.1, 0.15) is 5.56 Å². The second-order valence-electron chi connectivity index (χ2n) is 3.99. The topological polar surface area (TPSA) is 12.5 Å². The molecule has 0 heterocycles. The van der Waals surface area contributed by atoms with E-state index in [1.807, 2.05) is 49.5 Å². The van der Waals surface area contributed by atoms with E-state index in [1.165, 1.54) is 0 Å². The van der Waals surface area contributed by atoms with Crippen LogP contribution < -0.4 is 9.64 Å². The molecule has 0 aliphatic heterocycles. The van der Waals surface area contributed by atoms with Gasteiger partial charge in [0.05, 0.1) is 12.8 Å². The molecule has 0 bridgehead atoms. The third kappa shape index (κ3) is 2.44. The van der Waals surface area contributed by atoms with Gasteiger partial charge < -0.3 is 9.64 Å². The Morgan fingerprint density at radius 1 is 1.00 bits per heavy atom. The van der Waals surface area contributed by atoms with E-state index in [4.69, 9.17) is 16.3 Å². The molecule has 0 radical (unpaired) electrons. The second-order valence-corrected chi connectivity index (χ2v) is 4.26. The first-order chi connectivity index (χ1) is 8.77. The molecule has 2 rings (SSSR count). The average molecular weight is 262 g/mol. The maximum absolute atomic E-state index is 5.98. The largest absolute Gasteiger partial charge is 0.495 e. The molecule has 0 amide bonds. The van der Waals surface area contributed by atoms with Crippen molar-refractivity contribution in [3.05, 3.63) is 54.1 Å². The highest BCUT2D eigenvalue weighted by Gasteiger charge is 2.11. The Kier molecular flexibility index (Phi) is 4.11. The van der Waals surface area contributed by atoms with E-state index in [1.54, 1.807) is 7.11 Å². The van der Waals surface area contributed by atoms with Gasteiger partial charge >= 0.3 is 0 Å². The maximum atomic E-state index is 5.98. The van der Waals surface area contributed by atoms with Gasteiger partial charge in [-0.25, -0.2) is 0 Å². The van der Waals surface area contributed by atoms with Gasteiger partial charge in [0.25, 0.3) is 0 Å². The van der Waals surface area contributed by atoms with Gasteiger partial charge in [0, 0.05) is 18.6 Å². The minimum absolute atomic E-state index is 0.496. The lowest BCUT2D eigenvalue weighted by Crippen LogP contribution is -2.12. The van der Waals surface area contributed by atoms with Crippen LogP contribution >= 0.6 is 11.6 Å². The molecule has 2 aromatic rings. The Balaban J connectivity index is 2.44. The molecule has 0 aromatic heterocycles. The summed E-state index contributed by atoms with van der Waals surface area (Å²) < 4.78 is 5.39. The summed E-state index contributed by atoms with van der Waals surface area (Å²) in [6.07, 6.45) is 0. The van der Waals surface area contributed by atoms with Crippen molar-refractivity contribution < 1.29 is 4.74 Å². The van der Waals surface area contributed by atoms with Crippen LogP contribution in [-0.4, -0.2) is 14.2 Å². The number of hydrogen-bond acceptors (Lipinski definition) is 2. The number of benzene rings is 2. The predicted molar refractivity (Wildman–Crippen MR) is 77.1 cm³/mol. The van der Waals surface area contributed by atoms with Crippen LogP contribution in [0.15, 0.2) is 48.5 Å². The van der Waals surface area contributed by atoms with E-state index in [9.17, 15) is 0 Å². The number of anilines is 2. The zero-order valence-corrected chi connectivity index (χ0v) is 11.3. The SMILES string of the molecule is COc1ccccc1N(C)c1ccccc1CCl. The first kappa shape index (κ1) is 12.8. The normalized spacial score (nSPS) is 10.2.